The minimum Gasteiger partial charge on any atom is -0.477 e. The molecule has 0 fully saturated rings. The van der Waals surface area contributed by atoms with E-state index in [0.29, 0.717) is 19.3 Å². The summed E-state index contributed by atoms with van der Waals surface area (Å²) in [5.74, 6) is -1.55. The minimum atomic E-state index is -0.889. The van der Waals surface area contributed by atoms with Crippen LogP contribution in [-0.4, -0.2) is 80.6 Å². The Morgan fingerprint density at radius 1 is 0.485 bits per heavy atom. The number of carbonyl (C=O) groups is 3. The van der Waals surface area contributed by atoms with E-state index in [1.165, 1.54) is 89.9 Å². The number of ether oxygens (including phenoxy) is 3. The number of quaternary nitrogens is 1. The molecule has 0 saturated carbocycles. The van der Waals surface area contributed by atoms with Crippen LogP contribution < -0.4 is 0 Å². The highest BCUT2D eigenvalue weighted by molar-refractivity contribution is 5.72. The normalized spacial score (nSPS) is 13.8. The van der Waals surface area contributed by atoms with Crippen LogP contribution in [0.3, 0.4) is 0 Å². The Balaban J connectivity index is 4.36. The molecular formula is C58H96NO7+. The average Bonchev–Trinajstić information content (AvgIpc) is 3.28. The second kappa shape index (κ2) is 47.5. The van der Waals surface area contributed by atoms with E-state index in [0.717, 1.165) is 57.8 Å². The maximum atomic E-state index is 12.8. The molecule has 0 aliphatic heterocycles. The SMILES string of the molecule is CC/C=C/C=C/C=C/C=C/C=C/C=C/C=C/CCCCCC(=O)OC(COCCC(C(=O)O)[N+](C)(C)C)COC(=O)CCCCCCCCC/C=C/C/C=C/CCCCCCCCCCC. The Morgan fingerprint density at radius 2 is 0.909 bits per heavy atom. The summed E-state index contributed by atoms with van der Waals surface area (Å²) in [7, 11) is 5.50. The molecule has 0 aromatic heterocycles. The maximum absolute atomic E-state index is 12.8. The zero-order valence-electron chi connectivity index (χ0n) is 42.6. The molecule has 2 unspecified atom stereocenters. The summed E-state index contributed by atoms with van der Waals surface area (Å²) in [6.45, 7) is 4.53. The van der Waals surface area contributed by atoms with Gasteiger partial charge in [0.15, 0.2) is 12.1 Å². The van der Waals surface area contributed by atoms with Crippen molar-refractivity contribution in [3.63, 3.8) is 0 Å². The Kier molecular flexibility index (Phi) is 44.6. The molecule has 8 nitrogen and oxygen atoms in total. The van der Waals surface area contributed by atoms with Gasteiger partial charge < -0.3 is 23.8 Å². The first-order chi connectivity index (χ1) is 32.1. The zero-order chi connectivity index (χ0) is 48.4. The molecule has 0 spiro atoms. The van der Waals surface area contributed by atoms with Gasteiger partial charge in [-0.15, -0.1) is 0 Å². The van der Waals surface area contributed by atoms with Crippen LogP contribution in [0.1, 0.15) is 187 Å². The van der Waals surface area contributed by atoms with Crippen molar-refractivity contribution in [2.24, 2.45) is 0 Å². The highest BCUT2D eigenvalue weighted by Gasteiger charge is 2.31. The molecule has 374 valence electrons. The molecule has 0 aliphatic rings. The second-order valence-corrected chi connectivity index (χ2v) is 18.2. The van der Waals surface area contributed by atoms with Crippen LogP contribution in [0.5, 0.6) is 0 Å². The number of nitrogens with zero attached hydrogens (tertiary/aromatic N) is 1. The lowest BCUT2D eigenvalue weighted by molar-refractivity contribution is -0.887. The molecule has 2 atom stereocenters. The Morgan fingerprint density at radius 3 is 1.39 bits per heavy atom. The molecule has 0 aromatic rings. The molecular weight excluding hydrogens is 823 g/mol. The van der Waals surface area contributed by atoms with Gasteiger partial charge in [0.25, 0.3) is 0 Å². The number of hydrogen-bond donors (Lipinski definition) is 1. The van der Waals surface area contributed by atoms with Gasteiger partial charge in [0.1, 0.15) is 6.61 Å². The molecule has 8 heteroatoms. The summed E-state index contributed by atoms with van der Waals surface area (Å²) in [6, 6.07) is -0.633. The van der Waals surface area contributed by atoms with Gasteiger partial charge in [-0.05, 0) is 64.2 Å². The van der Waals surface area contributed by atoms with E-state index in [9.17, 15) is 19.5 Å². The van der Waals surface area contributed by atoms with E-state index >= 15 is 0 Å². The van der Waals surface area contributed by atoms with E-state index in [4.69, 9.17) is 14.2 Å². The van der Waals surface area contributed by atoms with Crippen LogP contribution in [0.2, 0.25) is 0 Å². The standard InChI is InChI=1S/C58H95NO7/c1-6-8-10-12-14-16-18-20-22-24-26-27-28-29-31-32-34-36-38-40-42-44-46-48-56(60)65-53-54(52-64-51-50-55(58(62)63)59(3,4)5)66-57(61)49-47-45-43-41-39-37-35-33-30-25-23-21-19-17-15-13-11-9-7-2/h9,11,13,15,17,19,21,23,25-27,29-31,33,35,37,39,54-55H,6-8,10,12,14,16,18,20,22,24,28,32,34,36,38,40-53H2,1-5H3/p+1/b11-9+,15-13+,19-17+,23-21+,27-26+,30-25+,31-29+,35-33+,39-37+. The van der Waals surface area contributed by atoms with E-state index in [2.05, 4.69) is 50.3 Å². The maximum Gasteiger partial charge on any atom is 0.362 e. The van der Waals surface area contributed by atoms with Crippen molar-refractivity contribution in [2.45, 2.75) is 199 Å². The van der Waals surface area contributed by atoms with E-state index in [1.54, 1.807) is 0 Å². The third kappa shape index (κ3) is 45.2. The number of esters is 2. The molecule has 0 saturated heterocycles. The number of carboxylic acids is 1. The average molecular weight is 919 g/mol. The number of aliphatic carboxylic acids is 1. The van der Waals surface area contributed by atoms with Gasteiger partial charge in [-0.3, -0.25) is 9.59 Å². The van der Waals surface area contributed by atoms with Gasteiger partial charge >= 0.3 is 17.9 Å². The summed E-state index contributed by atoms with van der Waals surface area (Å²) < 4.78 is 17.3. The largest absolute Gasteiger partial charge is 0.477 e. The lowest BCUT2D eigenvalue weighted by Crippen LogP contribution is -2.50. The number of hydrogen-bond acceptors (Lipinski definition) is 6. The molecule has 0 heterocycles. The minimum absolute atomic E-state index is 0.0322. The fourth-order valence-corrected chi connectivity index (χ4v) is 7.11. The first-order valence-corrected chi connectivity index (χ1v) is 26.0. The van der Waals surface area contributed by atoms with Gasteiger partial charge in [-0.2, -0.15) is 0 Å². The van der Waals surface area contributed by atoms with Crippen molar-refractivity contribution in [2.75, 3.05) is 41.0 Å². The van der Waals surface area contributed by atoms with Crippen LogP contribution in [0.15, 0.2) is 109 Å². The molecule has 0 aliphatic carbocycles. The first kappa shape index (κ1) is 62.0. The molecule has 1 N–H and O–H groups in total. The molecule has 0 bridgehead atoms. The third-order valence-electron chi connectivity index (χ3n) is 11.1. The first-order valence-electron chi connectivity index (χ1n) is 26.0. The number of carbonyl (C=O) groups excluding carboxylic acids is 2. The zero-order valence-corrected chi connectivity index (χ0v) is 42.6. The van der Waals surface area contributed by atoms with Crippen LogP contribution in [-0.2, 0) is 28.6 Å². The fourth-order valence-electron chi connectivity index (χ4n) is 7.11. The molecule has 0 amide bonds. The van der Waals surface area contributed by atoms with E-state index in [-0.39, 0.29) is 42.7 Å². The number of unbranched alkanes of at least 4 members (excludes halogenated alkanes) is 19. The lowest BCUT2D eigenvalue weighted by atomic mass is 10.1. The number of allylic oxidation sites excluding steroid dienone is 18. The smallest absolute Gasteiger partial charge is 0.362 e. The summed E-state index contributed by atoms with van der Waals surface area (Å²) in [4.78, 5) is 37.2. The summed E-state index contributed by atoms with van der Waals surface area (Å²) >= 11 is 0. The second-order valence-electron chi connectivity index (χ2n) is 18.2. The molecule has 66 heavy (non-hydrogen) atoms. The van der Waals surface area contributed by atoms with Crippen LogP contribution in [0.25, 0.3) is 0 Å². The number of rotatable bonds is 45. The number of carboxylic acid groups (broad SMARTS) is 1. The molecule has 0 rings (SSSR count). The van der Waals surface area contributed by atoms with Crippen molar-refractivity contribution < 1.29 is 38.2 Å². The van der Waals surface area contributed by atoms with Gasteiger partial charge in [-0.1, -0.05) is 213 Å². The van der Waals surface area contributed by atoms with Crippen LogP contribution >= 0.6 is 0 Å². The van der Waals surface area contributed by atoms with Gasteiger partial charge in [0, 0.05) is 19.3 Å². The Labute approximate surface area is 404 Å². The summed E-state index contributed by atoms with van der Waals surface area (Å²) in [5, 5.41) is 9.66. The topological polar surface area (TPSA) is 99.1 Å². The molecule has 0 radical (unpaired) electrons. The van der Waals surface area contributed by atoms with Crippen LogP contribution in [0, 0.1) is 0 Å². The Hall–Kier alpha value is -4.01. The van der Waals surface area contributed by atoms with Gasteiger partial charge in [0.2, 0.25) is 0 Å². The third-order valence-corrected chi connectivity index (χ3v) is 11.1. The number of likely N-dealkylation sites (N-methyl/N-ethyl adjacent to an activating group) is 1. The van der Waals surface area contributed by atoms with Crippen molar-refractivity contribution in [1.82, 2.24) is 0 Å². The quantitative estimate of drug-likeness (QED) is 0.0213. The highest BCUT2D eigenvalue weighted by atomic mass is 16.6. The van der Waals surface area contributed by atoms with Crippen molar-refractivity contribution >= 4 is 17.9 Å². The Bertz CT molecular complexity index is 1440. The monoisotopic (exact) mass is 919 g/mol. The predicted molar refractivity (Wildman–Crippen MR) is 279 cm³/mol. The van der Waals surface area contributed by atoms with Crippen LogP contribution in [0.4, 0.5) is 0 Å². The predicted octanol–water partition coefficient (Wildman–Crippen LogP) is 15.2. The van der Waals surface area contributed by atoms with E-state index in [1.807, 2.05) is 94.1 Å². The highest BCUT2D eigenvalue weighted by Crippen LogP contribution is 2.14. The van der Waals surface area contributed by atoms with E-state index < -0.39 is 18.1 Å². The fraction of sp³-hybridized carbons (Fsp3) is 0.638. The van der Waals surface area contributed by atoms with Crippen molar-refractivity contribution in [3.8, 4) is 0 Å². The lowest BCUT2D eigenvalue weighted by Gasteiger charge is -2.31. The van der Waals surface area contributed by atoms with Gasteiger partial charge in [0.05, 0.1) is 34.4 Å². The van der Waals surface area contributed by atoms with Crippen molar-refractivity contribution in [3.05, 3.63) is 109 Å². The van der Waals surface area contributed by atoms with Gasteiger partial charge in [-0.25, -0.2) is 4.79 Å². The van der Waals surface area contributed by atoms with Crippen molar-refractivity contribution in [1.29, 1.82) is 0 Å². The molecule has 0 aromatic carbocycles. The summed E-state index contributed by atoms with van der Waals surface area (Å²) in [6.07, 6.45) is 65.7. The summed E-state index contributed by atoms with van der Waals surface area (Å²) in [5.41, 5.74) is 0.